The van der Waals surface area contributed by atoms with E-state index in [2.05, 4.69) is 30.9 Å². The second-order valence-electron chi connectivity index (χ2n) is 6.01. The van der Waals surface area contributed by atoms with E-state index >= 15 is 0 Å². The average molecular weight is 291 g/mol. The molecule has 1 heterocycles. The van der Waals surface area contributed by atoms with E-state index in [1.54, 1.807) is 7.11 Å². The lowest BCUT2D eigenvalue weighted by Gasteiger charge is -2.28. The fourth-order valence-corrected chi connectivity index (χ4v) is 3.29. The number of aliphatic carboxylic acids is 1. The van der Waals surface area contributed by atoms with Gasteiger partial charge in [0.25, 0.3) is 0 Å². The molecule has 116 valence electrons. The molecule has 1 aliphatic heterocycles. The van der Waals surface area contributed by atoms with E-state index < -0.39 is 11.4 Å². The van der Waals surface area contributed by atoms with Crippen LogP contribution < -0.4 is 4.74 Å². The Kier molecular flexibility index (Phi) is 4.88. The summed E-state index contributed by atoms with van der Waals surface area (Å²) in [5.74, 6) is 0.201. The molecule has 4 nitrogen and oxygen atoms in total. The first kappa shape index (κ1) is 15.8. The maximum atomic E-state index is 11.7. The Hall–Kier alpha value is -1.55. The normalized spacial score (nSPS) is 24.0. The second kappa shape index (κ2) is 6.48. The predicted molar refractivity (Wildman–Crippen MR) is 82.6 cm³/mol. The van der Waals surface area contributed by atoms with Crippen molar-refractivity contribution in [3.05, 3.63) is 29.8 Å². The summed E-state index contributed by atoms with van der Waals surface area (Å²) in [6, 6.07) is 8.26. The van der Waals surface area contributed by atoms with E-state index in [0.717, 1.165) is 31.6 Å². The molecule has 1 saturated heterocycles. The van der Waals surface area contributed by atoms with Gasteiger partial charge in [0.1, 0.15) is 5.75 Å². The highest BCUT2D eigenvalue weighted by Crippen LogP contribution is 2.39. The van der Waals surface area contributed by atoms with Gasteiger partial charge in [0.2, 0.25) is 0 Å². The molecule has 0 amide bonds. The Morgan fingerprint density at radius 3 is 2.62 bits per heavy atom. The Bertz CT molecular complexity index is 485. The Labute approximate surface area is 126 Å². The first-order chi connectivity index (χ1) is 10.0. The van der Waals surface area contributed by atoms with Crippen molar-refractivity contribution in [1.29, 1.82) is 0 Å². The largest absolute Gasteiger partial charge is 0.497 e. The van der Waals surface area contributed by atoms with Crippen LogP contribution in [-0.2, 0) is 4.79 Å². The standard InChI is InChI=1S/C17H25NO3/c1-4-9-17(16(19)20)10-11-18(12-17)13(2)14-5-7-15(21-3)8-6-14/h5-8,13H,4,9-12H2,1-3H3,(H,19,20). The van der Waals surface area contributed by atoms with Crippen LogP contribution in [0.1, 0.15) is 44.7 Å². The van der Waals surface area contributed by atoms with Gasteiger partial charge < -0.3 is 9.84 Å². The molecule has 1 N–H and O–H groups in total. The SMILES string of the molecule is CCCC1(C(=O)O)CCN(C(C)c2ccc(OC)cc2)C1. The van der Waals surface area contributed by atoms with Crippen LogP contribution in [0.3, 0.4) is 0 Å². The van der Waals surface area contributed by atoms with Gasteiger partial charge in [-0.05, 0) is 44.0 Å². The number of methoxy groups -OCH3 is 1. The number of hydrogen-bond donors (Lipinski definition) is 1. The smallest absolute Gasteiger partial charge is 0.310 e. The van der Waals surface area contributed by atoms with Crippen LogP contribution >= 0.6 is 0 Å². The molecule has 2 atom stereocenters. The Morgan fingerprint density at radius 2 is 2.10 bits per heavy atom. The van der Waals surface area contributed by atoms with Crippen molar-refractivity contribution in [2.45, 2.75) is 39.2 Å². The molecule has 1 aromatic carbocycles. The molecule has 2 rings (SSSR count). The molecule has 0 bridgehead atoms. The molecular weight excluding hydrogens is 266 g/mol. The monoisotopic (exact) mass is 291 g/mol. The van der Waals surface area contributed by atoms with E-state index in [-0.39, 0.29) is 6.04 Å². The second-order valence-corrected chi connectivity index (χ2v) is 6.01. The van der Waals surface area contributed by atoms with Gasteiger partial charge in [-0.25, -0.2) is 0 Å². The van der Waals surface area contributed by atoms with Gasteiger partial charge >= 0.3 is 5.97 Å². The van der Waals surface area contributed by atoms with Crippen molar-refractivity contribution in [3.8, 4) is 5.75 Å². The van der Waals surface area contributed by atoms with E-state index in [4.69, 9.17) is 4.74 Å². The van der Waals surface area contributed by atoms with E-state index in [1.165, 1.54) is 5.56 Å². The van der Waals surface area contributed by atoms with Crippen LogP contribution in [0.15, 0.2) is 24.3 Å². The number of rotatable bonds is 6. The first-order valence-corrected chi connectivity index (χ1v) is 7.64. The number of carboxylic acids is 1. The van der Waals surface area contributed by atoms with Crippen LogP contribution in [0.2, 0.25) is 0 Å². The highest BCUT2D eigenvalue weighted by molar-refractivity contribution is 5.75. The Morgan fingerprint density at radius 1 is 1.43 bits per heavy atom. The fourth-order valence-electron chi connectivity index (χ4n) is 3.29. The molecule has 1 aromatic rings. The van der Waals surface area contributed by atoms with Crippen molar-refractivity contribution in [2.75, 3.05) is 20.2 Å². The number of carbonyl (C=O) groups is 1. The number of carboxylic acid groups (broad SMARTS) is 1. The van der Waals surface area contributed by atoms with Gasteiger partial charge in [-0.3, -0.25) is 9.69 Å². The number of ether oxygens (including phenoxy) is 1. The van der Waals surface area contributed by atoms with Crippen LogP contribution in [0.4, 0.5) is 0 Å². The third-order valence-corrected chi connectivity index (χ3v) is 4.71. The van der Waals surface area contributed by atoms with Crippen LogP contribution in [0.25, 0.3) is 0 Å². The first-order valence-electron chi connectivity index (χ1n) is 7.64. The summed E-state index contributed by atoms with van der Waals surface area (Å²) in [6.45, 7) is 5.69. The summed E-state index contributed by atoms with van der Waals surface area (Å²) in [4.78, 5) is 13.9. The maximum Gasteiger partial charge on any atom is 0.310 e. The molecule has 0 saturated carbocycles. The zero-order valence-electron chi connectivity index (χ0n) is 13.1. The molecule has 2 unspecified atom stereocenters. The maximum absolute atomic E-state index is 11.7. The topological polar surface area (TPSA) is 49.8 Å². The van der Waals surface area contributed by atoms with Gasteiger partial charge in [-0.2, -0.15) is 0 Å². The minimum Gasteiger partial charge on any atom is -0.497 e. The zero-order valence-corrected chi connectivity index (χ0v) is 13.1. The van der Waals surface area contributed by atoms with Crippen molar-refractivity contribution >= 4 is 5.97 Å². The quantitative estimate of drug-likeness (QED) is 0.873. The van der Waals surface area contributed by atoms with Crippen LogP contribution in [0, 0.1) is 5.41 Å². The molecule has 0 aliphatic carbocycles. The highest BCUT2D eigenvalue weighted by atomic mass is 16.5. The minimum absolute atomic E-state index is 0.231. The summed E-state index contributed by atoms with van der Waals surface area (Å²) in [5, 5.41) is 9.59. The number of likely N-dealkylation sites (tertiary alicyclic amines) is 1. The summed E-state index contributed by atoms with van der Waals surface area (Å²) in [5.41, 5.74) is 0.642. The zero-order chi connectivity index (χ0) is 15.5. The highest BCUT2D eigenvalue weighted by Gasteiger charge is 2.45. The third kappa shape index (κ3) is 3.21. The summed E-state index contributed by atoms with van der Waals surface area (Å²) in [7, 11) is 1.66. The average Bonchev–Trinajstić information content (AvgIpc) is 2.93. The van der Waals surface area contributed by atoms with E-state index in [0.29, 0.717) is 6.54 Å². The summed E-state index contributed by atoms with van der Waals surface area (Å²) < 4.78 is 5.18. The lowest BCUT2D eigenvalue weighted by atomic mass is 9.82. The fraction of sp³-hybridized carbons (Fsp3) is 0.588. The van der Waals surface area contributed by atoms with Gasteiger partial charge in [0.05, 0.1) is 12.5 Å². The van der Waals surface area contributed by atoms with Gasteiger partial charge in [0.15, 0.2) is 0 Å². The lowest BCUT2D eigenvalue weighted by Crippen LogP contribution is -2.35. The number of hydrogen-bond acceptors (Lipinski definition) is 3. The van der Waals surface area contributed by atoms with Crippen molar-refractivity contribution in [2.24, 2.45) is 5.41 Å². The molecule has 1 fully saturated rings. The lowest BCUT2D eigenvalue weighted by molar-refractivity contribution is -0.148. The number of nitrogens with zero attached hydrogens (tertiary/aromatic N) is 1. The van der Waals surface area contributed by atoms with Crippen molar-refractivity contribution in [3.63, 3.8) is 0 Å². The van der Waals surface area contributed by atoms with E-state index in [1.807, 2.05) is 12.1 Å². The molecular formula is C17H25NO3. The van der Waals surface area contributed by atoms with Gasteiger partial charge in [-0.15, -0.1) is 0 Å². The minimum atomic E-state index is -0.645. The predicted octanol–water partition coefficient (Wildman–Crippen LogP) is 3.33. The van der Waals surface area contributed by atoms with Crippen molar-refractivity contribution < 1.29 is 14.6 Å². The van der Waals surface area contributed by atoms with E-state index in [9.17, 15) is 9.90 Å². The molecule has 4 heteroatoms. The summed E-state index contributed by atoms with van der Waals surface area (Å²) in [6.07, 6.45) is 2.42. The Balaban J connectivity index is 2.10. The molecule has 21 heavy (non-hydrogen) atoms. The van der Waals surface area contributed by atoms with Crippen LogP contribution in [-0.4, -0.2) is 36.2 Å². The van der Waals surface area contributed by atoms with Crippen molar-refractivity contribution in [1.82, 2.24) is 4.90 Å². The van der Waals surface area contributed by atoms with Crippen LogP contribution in [0.5, 0.6) is 5.75 Å². The molecule has 1 aliphatic rings. The van der Waals surface area contributed by atoms with Gasteiger partial charge in [0, 0.05) is 12.6 Å². The molecule has 0 radical (unpaired) electrons. The third-order valence-electron chi connectivity index (χ3n) is 4.71. The molecule has 0 spiro atoms. The van der Waals surface area contributed by atoms with Gasteiger partial charge in [-0.1, -0.05) is 25.5 Å². The molecule has 0 aromatic heterocycles. The number of benzene rings is 1. The summed E-state index contributed by atoms with van der Waals surface area (Å²) >= 11 is 0.